The van der Waals surface area contributed by atoms with E-state index in [0.29, 0.717) is 6.61 Å². The lowest BCUT2D eigenvalue weighted by molar-refractivity contribution is 0.0998. The number of aliphatic imine (C=N–C) groups is 1. The van der Waals surface area contributed by atoms with Crippen LogP contribution in [0.3, 0.4) is 0 Å². The van der Waals surface area contributed by atoms with Gasteiger partial charge in [0, 0.05) is 12.5 Å². The molecule has 1 amide bonds. The van der Waals surface area contributed by atoms with Crippen molar-refractivity contribution in [2.75, 3.05) is 6.61 Å². The lowest BCUT2D eigenvalue weighted by atomic mass is 10.2. The number of hydrogen-bond donors (Lipinski definition) is 0. The van der Waals surface area contributed by atoms with Gasteiger partial charge in [0.2, 0.25) is 0 Å². The van der Waals surface area contributed by atoms with Crippen molar-refractivity contribution >= 4 is 11.8 Å². The van der Waals surface area contributed by atoms with E-state index in [1.54, 1.807) is 13.8 Å². The van der Waals surface area contributed by atoms with E-state index in [-0.39, 0.29) is 11.5 Å². The van der Waals surface area contributed by atoms with E-state index in [4.69, 9.17) is 4.74 Å². The number of benzene rings is 1. The van der Waals surface area contributed by atoms with Gasteiger partial charge >= 0.3 is 0 Å². The molecule has 0 fully saturated rings. The second-order valence-electron chi connectivity index (χ2n) is 2.88. The molecule has 1 rings (SSSR count). The molecule has 0 aliphatic rings. The normalized spacial score (nSPS) is 11.3. The third kappa shape index (κ3) is 3.50. The Balaban J connectivity index is 2.81. The van der Waals surface area contributed by atoms with Gasteiger partial charge in [-0.25, -0.2) is 4.39 Å². The van der Waals surface area contributed by atoms with Crippen LogP contribution in [0.25, 0.3) is 0 Å². The molecule has 0 saturated heterocycles. The second kappa shape index (κ2) is 5.24. The van der Waals surface area contributed by atoms with E-state index in [1.807, 2.05) is 0 Å². The number of rotatable bonds is 2. The molecule has 0 spiro atoms. The Morgan fingerprint density at radius 1 is 1.53 bits per heavy atom. The van der Waals surface area contributed by atoms with Crippen LogP contribution in [0.4, 0.5) is 4.39 Å². The summed E-state index contributed by atoms with van der Waals surface area (Å²) in [7, 11) is 0. The number of ether oxygens (including phenoxy) is 1. The van der Waals surface area contributed by atoms with Gasteiger partial charge in [-0.3, -0.25) is 4.79 Å². The minimum atomic E-state index is -0.500. The van der Waals surface area contributed by atoms with Crippen molar-refractivity contribution in [2.45, 2.75) is 13.8 Å². The fourth-order valence-corrected chi connectivity index (χ4v) is 1.07. The third-order valence-electron chi connectivity index (χ3n) is 1.68. The Kier molecular flexibility index (Phi) is 3.97. The minimum absolute atomic E-state index is 0.217. The van der Waals surface area contributed by atoms with Gasteiger partial charge in [-0.2, -0.15) is 4.99 Å². The second-order valence-corrected chi connectivity index (χ2v) is 2.88. The monoisotopic (exact) mass is 209 g/mol. The first-order valence-electron chi connectivity index (χ1n) is 4.61. The number of nitrogens with zero attached hydrogens (tertiary/aromatic N) is 1. The largest absolute Gasteiger partial charge is 0.481 e. The standard InChI is InChI=1S/C11H12FNO2/c1-3-15-8(2)13-11(14)9-5-4-6-10(12)7-9/h4-7H,3H2,1-2H3. The molecule has 0 radical (unpaired) electrons. The molecule has 15 heavy (non-hydrogen) atoms. The lowest BCUT2D eigenvalue weighted by Crippen LogP contribution is -2.04. The predicted molar refractivity (Wildman–Crippen MR) is 55.5 cm³/mol. The van der Waals surface area contributed by atoms with E-state index in [0.717, 1.165) is 6.07 Å². The molecule has 80 valence electrons. The summed E-state index contributed by atoms with van der Waals surface area (Å²) in [5, 5.41) is 0. The van der Waals surface area contributed by atoms with Gasteiger partial charge in [-0.05, 0) is 25.1 Å². The first-order valence-corrected chi connectivity index (χ1v) is 4.61. The predicted octanol–water partition coefficient (Wildman–Crippen LogP) is 2.42. The highest BCUT2D eigenvalue weighted by Crippen LogP contribution is 2.05. The van der Waals surface area contributed by atoms with Gasteiger partial charge in [0.05, 0.1) is 6.61 Å². The Bertz CT molecular complexity index is 388. The van der Waals surface area contributed by atoms with Crippen LogP contribution in [0.15, 0.2) is 29.3 Å². The van der Waals surface area contributed by atoms with Crippen LogP contribution in [0.5, 0.6) is 0 Å². The fraction of sp³-hybridized carbons (Fsp3) is 0.273. The zero-order valence-corrected chi connectivity index (χ0v) is 8.66. The van der Waals surface area contributed by atoms with Crippen LogP contribution in [0.1, 0.15) is 24.2 Å². The molecule has 0 aliphatic heterocycles. The highest BCUT2D eigenvalue weighted by Gasteiger charge is 2.05. The van der Waals surface area contributed by atoms with Crippen LogP contribution < -0.4 is 0 Å². The van der Waals surface area contributed by atoms with Crippen LogP contribution in [0, 0.1) is 5.82 Å². The molecule has 0 unspecified atom stereocenters. The highest BCUT2D eigenvalue weighted by atomic mass is 19.1. The van der Waals surface area contributed by atoms with Gasteiger partial charge in [-0.15, -0.1) is 0 Å². The summed E-state index contributed by atoms with van der Waals surface area (Å²) in [5.41, 5.74) is 0.217. The summed E-state index contributed by atoms with van der Waals surface area (Å²) in [4.78, 5) is 15.1. The van der Waals surface area contributed by atoms with Crippen LogP contribution in [-0.4, -0.2) is 18.4 Å². The van der Waals surface area contributed by atoms with Crippen molar-refractivity contribution in [3.8, 4) is 0 Å². The van der Waals surface area contributed by atoms with Gasteiger partial charge in [-0.1, -0.05) is 6.07 Å². The van der Waals surface area contributed by atoms with Gasteiger partial charge in [0.15, 0.2) is 5.90 Å². The average Bonchev–Trinajstić information content (AvgIpc) is 2.18. The summed E-state index contributed by atoms with van der Waals surface area (Å²) in [6.07, 6.45) is 0. The van der Waals surface area contributed by atoms with Crippen molar-refractivity contribution in [1.82, 2.24) is 0 Å². The molecular weight excluding hydrogens is 197 g/mol. The van der Waals surface area contributed by atoms with Crippen molar-refractivity contribution in [3.05, 3.63) is 35.6 Å². The molecule has 0 bridgehead atoms. The summed E-state index contributed by atoms with van der Waals surface area (Å²) < 4.78 is 17.8. The first-order chi connectivity index (χ1) is 7.13. The zero-order chi connectivity index (χ0) is 11.3. The number of carbonyl (C=O) groups is 1. The SMILES string of the molecule is CCOC(C)=NC(=O)c1cccc(F)c1. The molecule has 1 aromatic rings. The molecular formula is C11H12FNO2. The molecule has 1 aromatic carbocycles. The maximum atomic E-state index is 12.8. The summed E-state index contributed by atoms with van der Waals surface area (Å²) >= 11 is 0. The summed E-state index contributed by atoms with van der Waals surface area (Å²) in [6, 6.07) is 5.39. The van der Waals surface area contributed by atoms with E-state index in [2.05, 4.69) is 4.99 Å². The van der Waals surface area contributed by atoms with Gasteiger partial charge in [0.1, 0.15) is 5.82 Å². The van der Waals surface area contributed by atoms with Crippen molar-refractivity contribution in [2.24, 2.45) is 4.99 Å². The van der Waals surface area contributed by atoms with Crippen LogP contribution >= 0.6 is 0 Å². The topological polar surface area (TPSA) is 38.7 Å². The van der Waals surface area contributed by atoms with E-state index in [9.17, 15) is 9.18 Å². The fourth-order valence-electron chi connectivity index (χ4n) is 1.07. The number of amides is 1. The third-order valence-corrected chi connectivity index (χ3v) is 1.68. The molecule has 4 heteroatoms. The summed E-state index contributed by atoms with van der Waals surface area (Å²) in [5.74, 6) is -0.669. The van der Waals surface area contributed by atoms with Gasteiger partial charge < -0.3 is 4.74 Å². The van der Waals surface area contributed by atoms with E-state index < -0.39 is 11.7 Å². The molecule has 0 heterocycles. The number of halogens is 1. The Morgan fingerprint density at radius 3 is 2.87 bits per heavy atom. The highest BCUT2D eigenvalue weighted by molar-refractivity contribution is 6.01. The average molecular weight is 209 g/mol. The lowest BCUT2D eigenvalue weighted by Gasteiger charge is -2.00. The molecule has 0 aromatic heterocycles. The zero-order valence-electron chi connectivity index (χ0n) is 8.66. The maximum Gasteiger partial charge on any atom is 0.280 e. The summed E-state index contributed by atoms with van der Waals surface area (Å²) in [6.45, 7) is 3.83. The van der Waals surface area contributed by atoms with Crippen molar-refractivity contribution in [3.63, 3.8) is 0 Å². The van der Waals surface area contributed by atoms with Crippen LogP contribution in [0.2, 0.25) is 0 Å². The minimum Gasteiger partial charge on any atom is -0.481 e. The number of hydrogen-bond acceptors (Lipinski definition) is 2. The molecule has 3 nitrogen and oxygen atoms in total. The first kappa shape index (κ1) is 11.4. The Morgan fingerprint density at radius 2 is 2.27 bits per heavy atom. The van der Waals surface area contributed by atoms with E-state index in [1.165, 1.54) is 18.2 Å². The quantitative estimate of drug-likeness (QED) is 0.554. The molecule has 0 saturated carbocycles. The van der Waals surface area contributed by atoms with Gasteiger partial charge in [0.25, 0.3) is 5.91 Å². The van der Waals surface area contributed by atoms with Crippen molar-refractivity contribution < 1.29 is 13.9 Å². The Labute approximate surface area is 87.6 Å². The Hall–Kier alpha value is -1.71. The molecule has 0 N–H and O–H groups in total. The molecule has 0 aliphatic carbocycles. The molecule has 0 atom stereocenters. The smallest absolute Gasteiger partial charge is 0.280 e. The maximum absolute atomic E-state index is 12.8. The van der Waals surface area contributed by atoms with Crippen LogP contribution in [-0.2, 0) is 4.74 Å². The number of carbonyl (C=O) groups excluding carboxylic acids is 1. The van der Waals surface area contributed by atoms with Crippen molar-refractivity contribution in [1.29, 1.82) is 0 Å². The van der Waals surface area contributed by atoms with E-state index >= 15 is 0 Å².